The molecule has 0 aliphatic carbocycles. The zero-order valence-corrected chi connectivity index (χ0v) is 7.74. The third-order valence-corrected chi connectivity index (χ3v) is 1.90. The Hall–Kier alpha value is -1.16. The van der Waals surface area contributed by atoms with Crippen LogP contribution in [-0.2, 0) is 0 Å². The Labute approximate surface area is 78.0 Å². The number of rotatable bonds is 2. The minimum absolute atomic E-state index is 0.0770. The molecular weight excluding hydrogens is 222 g/mol. The molecule has 12 heavy (non-hydrogen) atoms. The number of nitro groups is 1. The fourth-order valence-corrected chi connectivity index (χ4v) is 1.23. The van der Waals surface area contributed by atoms with Gasteiger partial charge in [-0.2, -0.15) is 0 Å². The van der Waals surface area contributed by atoms with Crippen molar-refractivity contribution >= 4 is 27.7 Å². The number of benzene rings is 1. The van der Waals surface area contributed by atoms with E-state index < -0.39 is 4.92 Å². The predicted molar refractivity (Wildman–Crippen MR) is 50.9 cm³/mol. The van der Waals surface area contributed by atoms with Crippen LogP contribution in [0.5, 0.6) is 0 Å². The van der Waals surface area contributed by atoms with Crippen molar-refractivity contribution in [2.45, 2.75) is 0 Å². The van der Waals surface area contributed by atoms with Gasteiger partial charge >= 0.3 is 0 Å². The predicted octanol–water partition coefficient (Wildman–Crippen LogP) is 3.00. The molecule has 0 saturated carbocycles. The first-order valence-electron chi connectivity index (χ1n) is 3.21. The molecule has 0 spiro atoms. The Bertz CT molecular complexity index is 336. The smallest absolute Gasteiger partial charge is 0.258 e. The van der Waals surface area contributed by atoms with Gasteiger partial charge in [0.05, 0.1) is 10.5 Å². The Morgan fingerprint density at radius 2 is 2.25 bits per heavy atom. The van der Waals surface area contributed by atoms with Crippen LogP contribution in [0.3, 0.4) is 0 Å². The Morgan fingerprint density at radius 1 is 1.58 bits per heavy atom. The minimum Gasteiger partial charge on any atom is -0.258 e. The number of nitrogens with zero attached hydrogens (tertiary/aromatic N) is 1. The average Bonchev–Trinajstić information content (AvgIpc) is 2.03. The first-order valence-corrected chi connectivity index (χ1v) is 4.01. The second kappa shape index (κ2) is 3.49. The summed E-state index contributed by atoms with van der Waals surface area (Å²) < 4.78 is 0.808. The second-order valence-corrected chi connectivity index (χ2v) is 3.08. The maximum atomic E-state index is 10.4. The molecule has 0 unspecified atom stereocenters. The largest absolute Gasteiger partial charge is 0.276 e. The van der Waals surface area contributed by atoms with Crippen LogP contribution in [-0.4, -0.2) is 4.92 Å². The average molecular weight is 228 g/mol. The first kappa shape index (κ1) is 8.93. The molecule has 1 rings (SSSR count). The van der Waals surface area contributed by atoms with Gasteiger partial charge in [-0.25, -0.2) is 0 Å². The summed E-state index contributed by atoms with van der Waals surface area (Å²) in [5, 5.41) is 10.4. The summed E-state index contributed by atoms with van der Waals surface area (Å²) in [6.07, 6.45) is 1.46. The van der Waals surface area contributed by atoms with Gasteiger partial charge in [0.15, 0.2) is 0 Å². The van der Waals surface area contributed by atoms with E-state index in [9.17, 15) is 10.1 Å². The molecule has 0 bridgehead atoms. The van der Waals surface area contributed by atoms with Crippen LogP contribution in [0.1, 0.15) is 5.56 Å². The molecule has 0 aromatic heterocycles. The van der Waals surface area contributed by atoms with E-state index in [1.807, 2.05) is 0 Å². The molecule has 0 saturated heterocycles. The van der Waals surface area contributed by atoms with Gasteiger partial charge in [0, 0.05) is 10.5 Å². The Balaban J connectivity index is 3.29. The van der Waals surface area contributed by atoms with Crippen LogP contribution < -0.4 is 0 Å². The Kier molecular flexibility index (Phi) is 2.60. The zero-order valence-electron chi connectivity index (χ0n) is 6.16. The van der Waals surface area contributed by atoms with Crippen molar-refractivity contribution in [3.8, 4) is 0 Å². The van der Waals surface area contributed by atoms with Gasteiger partial charge < -0.3 is 0 Å². The summed E-state index contributed by atoms with van der Waals surface area (Å²) in [4.78, 5) is 10.0. The lowest BCUT2D eigenvalue weighted by Gasteiger charge is -1.96. The van der Waals surface area contributed by atoms with Crippen molar-refractivity contribution in [2.24, 2.45) is 0 Å². The molecule has 0 aliphatic rings. The molecule has 4 heteroatoms. The van der Waals surface area contributed by atoms with Gasteiger partial charge in [0.2, 0.25) is 0 Å². The summed E-state index contributed by atoms with van der Waals surface area (Å²) >= 11 is 3.22. The molecule has 3 nitrogen and oxygen atoms in total. The zero-order chi connectivity index (χ0) is 9.14. The van der Waals surface area contributed by atoms with Gasteiger partial charge in [0.1, 0.15) is 0 Å². The second-order valence-electron chi connectivity index (χ2n) is 2.16. The third kappa shape index (κ3) is 1.71. The van der Waals surface area contributed by atoms with Gasteiger partial charge in [-0.1, -0.05) is 28.6 Å². The summed E-state index contributed by atoms with van der Waals surface area (Å²) in [5.41, 5.74) is 0.600. The maximum absolute atomic E-state index is 10.4. The fraction of sp³-hybridized carbons (Fsp3) is 0. The van der Waals surface area contributed by atoms with Crippen molar-refractivity contribution in [2.75, 3.05) is 0 Å². The lowest BCUT2D eigenvalue weighted by molar-refractivity contribution is -0.385. The lowest BCUT2D eigenvalue weighted by Crippen LogP contribution is -1.90. The van der Waals surface area contributed by atoms with Crippen LogP contribution in [0.25, 0.3) is 6.08 Å². The van der Waals surface area contributed by atoms with Gasteiger partial charge in [-0.15, -0.1) is 0 Å². The molecule has 1 aromatic carbocycles. The van der Waals surface area contributed by atoms with Crippen molar-refractivity contribution in [1.29, 1.82) is 0 Å². The molecule has 0 amide bonds. The normalized spacial score (nSPS) is 9.42. The topological polar surface area (TPSA) is 43.1 Å². The molecule has 0 heterocycles. The molecule has 0 atom stereocenters. The van der Waals surface area contributed by atoms with Crippen molar-refractivity contribution in [1.82, 2.24) is 0 Å². The van der Waals surface area contributed by atoms with Gasteiger partial charge in [-0.3, -0.25) is 10.1 Å². The van der Waals surface area contributed by atoms with E-state index >= 15 is 0 Å². The monoisotopic (exact) mass is 227 g/mol. The molecule has 0 N–H and O–H groups in total. The van der Waals surface area contributed by atoms with E-state index in [2.05, 4.69) is 22.5 Å². The van der Waals surface area contributed by atoms with Crippen molar-refractivity contribution in [3.05, 3.63) is 44.9 Å². The van der Waals surface area contributed by atoms with Crippen LogP contribution in [0, 0.1) is 10.1 Å². The van der Waals surface area contributed by atoms with Gasteiger partial charge in [0.25, 0.3) is 5.69 Å². The highest BCUT2D eigenvalue weighted by Crippen LogP contribution is 2.23. The highest BCUT2D eigenvalue weighted by molar-refractivity contribution is 9.10. The quantitative estimate of drug-likeness (QED) is 0.576. The third-order valence-electron chi connectivity index (χ3n) is 1.41. The highest BCUT2D eigenvalue weighted by Gasteiger charge is 2.09. The molecule has 1 aromatic rings. The van der Waals surface area contributed by atoms with E-state index in [4.69, 9.17) is 0 Å². The van der Waals surface area contributed by atoms with Crippen LogP contribution in [0.2, 0.25) is 0 Å². The van der Waals surface area contributed by atoms with E-state index in [0.717, 1.165) is 4.47 Å². The number of nitro benzene ring substituents is 1. The first-order chi connectivity index (χ1) is 5.65. The van der Waals surface area contributed by atoms with E-state index in [-0.39, 0.29) is 5.69 Å². The van der Waals surface area contributed by atoms with E-state index in [1.54, 1.807) is 12.1 Å². The number of hydrogen-bond acceptors (Lipinski definition) is 2. The standard InChI is InChI=1S/C8H6BrNO2/c1-2-6-5-7(9)3-4-8(6)10(11)12/h2-5H,1H2. The van der Waals surface area contributed by atoms with Gasteiger partial charge in [-0.05, 0) is 12.1 Å². The SMILES string of the molecule is C=Cc1cc(Br)ccc1[N+](=O)[O-]. The lowest BCUT2D eigenvalue weighted by atomic mass is 10.2. The Morgan fingerprint density at radius 3 is 2.75 bits per heavy atom. The van der Waals surface area contributed by atoms with Crippen molar-refractivity contribution in [3.63, 3.8) is 0 Å². The summed E-state index contributed by atoms with van der Waals surface area (Å²) in [7, 11) is 0. The minimum atomic E-state index is -0.427. The number of hydrogen-bond donors (Lipinski definition) is 0. The summed E-state index contributed by atoms with van der Waals surface area (Å²) in [6, 6.07) is 4.73. The van der Waals surface area contributed by atoms with Crippen LogP contribution in [0.4, 0.5) is 5.69 Å². The molecular formula is C8H6BrNO2. The molecule has 0 aliphatic heterocycles. The molecule has 0 fully saturated rings. The van der Waals surface area contributed by atoms with Crippen LogP contribution >= 0.6 is 15.9 Å². The molecule has 0 radical (unpaired) electrons. The number of halogens is 1. The van der Waals surface area contributed by atoms with Crippen molar-refractivity contribution < 1.29 is 4.92 Å². The van der Waals surface area contributed by atoms with E-state index in [1.165, 1.54) is 12.1 Å². The highest BCUT2D eigenvalue weighted by atomic mass is 79.9. The summed E-state index contributed by atoms with van der Waals surface area (Å²) in [6.45, 7) is 3.49. The fourth-order valence-electron chi connectivity index (χ4n) is 0.855. The maximum Gasteiger partial charge on any atom is 0.276 e. The van der Waals surface area contributed by atoms with E-state index in [0.29, 0.717) is 5.56 Å². The molecule has 62 valence electrons. The van der Waals surface area contributed by atoms with Crippen LogP contribution in [0.15, 0.2) is 29.3 Å². The summed E-state index contributed by atoms with van der Waals surface area (Å²) in [5.74, 6) is 0.